The average molecular weight is 1930 g/mol. The molecule has 11 rings (SSSR count). The van der Waals surface area contributed by atoms with Crippen LogP contribution in [0.2, 0.25) is 15.1 Å². The first kappa shape index (κ1) is 118. The summed E-state index contributed by atoms with van der Waals surface area (Å²) in [5.41, 5.74) is 20.1. The highest BCUT2D eigenvalue weighted by Gasteiger charge is 2.43. The fraction of sp³-hybridized carbons (Fsp3) is 0.585. The first-order chi connectivity index (χ1) is 62.1. The van der Waals surface area contributed by atoms with Gasteiger partial charge in [0.15, 0.2) is 0 Å². The van der Waals surface area contributed by atoms with Gasteiger partial charge in [-0.1, -0.05) is 217 Å². The Hall–Kier alpha value is -8.34. The van der Waals surface area contributed by atoms with Crippen molar-refractivity contribution in [3.8, 4) is 0 Å². The van der Waals surface area contributed by atoms with Crippen molar-refractivity contribution < 1.29 is 38.3 Å². The first-order valence-corrected chi connectivity index (χ1v) is 51.1. The lowest BCUT2D eigenvalue weighted by molar-refractivity contribution is 0.0191. The SMILES string of the molecule is CC(C)NC(=O)c1cc(C(C)C)cc(C2(C)CC2)c1.CC(C)NC(=O)c1cc(C(C)C)cc(C2(C)CC2)c1.CC(C)c1cc(C(=O)NC(C)(C)C)cc(C2(C)CC2)c1.CC(C)c1cc(C(C)(C)C)cc(C(=O)NC(C)(C)C)c1Cl.CC(C)c1cc(Cl)cc(C(=O)NC(C)(C)C)c1.CCNC(=O)c1cc(C(C)C)cc(C2(C)CC2)c1.COC(C)(C)c1cc(C(=O)NC(C)(C)C)c(Cl)c(C(C)C)c1. The maximum Gasteiger partial charge on any atom is 0.253 e. The topological polar surface area (TPSA) is 213 Å². The molecular weight excluding hydrogens is 1750 g/mol. The van der Waals surface area contributed by atoms with E-state index in [9.17, 15) is 33.6 Å². The van der Waals surface area contributed by atoms with Crippen LogP contribution in [-0.2, 0) is 37.4 Å². The lowest BCUT2D eigenvalue weighted by atomic mass is 9.83. The summed E-state index contributed by atoms with van der Waals surface area (Å²) in [6.07, 6.45) is 9.88. The van der Waals surface area contributed by atoms with Crippen LogP contribution < -0.4 is 37.2 Å². The molecule has 7 aromatic rings. The number of hydrogen-bond donors (Lipinski definition) is 7. The molecule has 0 spiro atoms. The molecule has 0 radical (unpaired) electrons. The number of rotatable bonds is 23. The van der Waals surface area contributed by atoms with Gasteiger partial charge in [0.25, 0.3) is 41.4 Å². The number of carbonyl (C=O) groups is 7. The highest BCUT2D eigenvalue weighted by molar-refractivity contribution is 6.35. The van der Waals surface area contributed by atoms with Crippen molar-refractivity contribution in [1.82, 2.24) is 37.2 Å². The van der Waals surface area contributed by atoms with Crippen molar-refractivity contribution in [3.05, 3.63) is 242 Å². The van der Waals surface area contributed by atoms with Gasteiger partial charge >= 0.3 is 0 Å². The number of methoxy groups -OCH3 is 1. The van der Waals surface area contributed by atoms with Crippen LogP contribution in [0.4, 0.5) is 0 Å². The first-order valence-electron chi connectivity index (χ1n) is 50.0. The Morgan fingerprint density at radius 3 is 0.787 bits per heavy atom. The summed E-state index contributed by atoms with van der Waals surface area (Å²) >= 11 is 19.0. The fourth-order valence-electron chi connectivity index (χ4n) is 14.8. The van der Waals surface area contributed by atoms with E-state index in [0.717, 1.165) is 50.1 Å². The molecule has 4 aliphatic carbocycles. The molecule has 0 aliphatic heterocycles. The molecule has 4 aliphatic rings. The summed E-state index contributed by atoms with van der Waals surface area (Å²) < 4.78 is 5.56. The van der Waals surface area contributed by atoms with E-state index >= 15 is 0 Å². The molecule has 7 amide bonds. The molecule has 136 heavy (non-hydrogen) atoms. The van der Waals surface area contributed by atoms with Gasteiger partial charge in [0, 0.05) is 80.7 Å². The van der Waals surface area contributed by atoms with Crippen molar-refractivity contribution in [2.24, 2.45) is 0 Å². The molecule has 0 heterocycles. The summed E-state index contributed by atoms with van der Waals surface area (Å²) in [5, 5.41) is 22.5. The number of nitrogens with one attached hydrogen (secondary N) is 7. The van der Waals surface area contributed by atoms with Gasteiger partial charge in [-0.3, -0.25) is 33.6 Å². The molecule has 0 saturated heterocycles. The van der Waals surface area contributed by atoms with E-state index in [-0.39, 0.29) is 92.8 Å². The second kappa shape index (κ2) is 47.7. The van der Waals surface area contributed by atoms with E-state index < -0.39 is 5.60 Å². The lowest BCUT2D eigenvalue weighted by Crippen LogP contribution is -2.41. The molecule has 0 atom stereocenters. The molecule has 752 valence electrons. The van der Waals surface area contributed by atoms with Crippen LogP contribution in [0.5, 0.6) is 0 Å². The van der Waals surface area contributed by atoms with Crippen molar-refractivity contribution in [2.75, 3.05) is 13.7 Å². The number of halogens is 3. The Bertz CT molecular complexity index is 5190. The van der Waals surface area contributed by atoms with E-state index in [0.29, 0.717) is 89.6 Å². The van der Waals surface area contributed by atoms with Crippen LogP contribution in [0.25, 0.3) is 0 Å². The molecule has 0 bridgehead atoms. The van der Waals surface area contributed by atoms with Gasteiger partial charge in [-0.2, -0.15) is 0 Å². The summed E-state index contributed by atoms with van der Waals surface area (Å²) in [6, 6.07) is 39.4. The van der Waals surface area contributed by atoms with Crippen LogP contribution >= 0.6 is 34.8 Å². The zero-order chi connectivity index (χ0) is 104. The number of amides is 7. The summed E-state index contributed by atoms with van der Waals surface area (Å²) in [5.74, 6) is 2.48. The molecule has 7 aromatic carbocycles. The van der Waals surface area contributed by atoms with Crippen LogP contribution in [0, 0.1) is 0 Å². The molecule has 18 heteroatoms. The van der Waals surface area contributed by atoms with Crippen molar-refractivity contribution >= 4 is 76.2 Å². The normalized spacial score (nSPS) is 14.9. The molecule has 7 N–H and O–H groups in total. The smallest absolute Gasteiger partial charge is 0.253 e. The maximum atomic E-state index is 12.6. The largest absolute Gasteiger partial charge is 0.374 e. The predicted molar refractivity (Wildman–Crippen MR) is 576 cm³/mol. The van der Waals surface area contributed by atoms with Gasteiger partial charge in [-0.25, -0.2) is 0 Å². The Morgan fingerprint density at radius 1 is 0.309 bits per heavy atom. The third-order valence-corrected chi connectivity index (χ3v) is 26.4. The zero-order valence-electron chi connectivity index (χ0n) is 91.4. The van der Waals surface area contributed by atoms with Crippen LogP contribution in [-0.4, -0.2) is 89.2 Å². The maximum absolute atomic E-state index is 12.6. The van der Waals surface area contributed by atoms with Gasteiger partial charge in [-0.05, 0) is 403 Å². The Morgan fingerprint density at radius 2 is 0.551 bits per heavy atom. The number of benzene rings is 7. The van der Waals surface area contributed by atoms with Crippen molar-refractivity contribution in [2.45, 2.75) is 437 Å². The third-order valence-electron chi connectivity index (χ3n) is 25.3. The van der Waals surface area contributed by atoms with Gasteiger partial charge < -0.3 is 42.0 Å². The number of hydrogen-bond acceptors (Lipinski definition) is 8. The second-order valence-electron chi connectivity index (χ2n) is 48.2. The van der Waals surface area contributed by atoms with E-state index in [2.05, 4.69) is 237 Å². The van der Waals surface area contributed by atoms with Crippen LogP contribution in [0.15, 0.2) is 115 Å². The minimum Gasteiger partial charge on any atom is -0.374 e. The Kier molecular flexibility index (Phi) is 41.5. The molecular formula is C118H176Cl3N7O8. The Balaban J connectivity index is 0.000000281. The summed E-state index contributed by atoms with van der Waals surface area (Å²) in [4.78, 5) is 86.0. The van der Waals surface area contributed by atoms with Gasteiger partial charge in [0.1, 0.15) is 0 Å². The molecule has 0 aromatic heterocycles. The monoisotopic (exact) mass is 1920 g/mol. The van der Waals surface area contributed by atoms with Crippen LogP contribution in [0.1, 0.15) is 515 Å². The van der Waals surface area contributed by atoms with Crippen LogP contribution in [0.3, 0.4) is 0 Å². The Labute approximate surface area is 838 Å². The van der Waals surface area contributed by atoms with E-state index in [1.165, 1.54) is 95.9 Å². The predicted octanol–water partition coefficient (Wildman–Crippen LogP) is 30.2. The summed E-state index contributed by atoms with van der Waals surface area (Å²) in [7, 11) is 1.67. The molecule has 0 unspecified atom stereocenters. The molecule has 15 nitrogen and oxygen atoms in total. The van der Waals surface area contributed by atoms with Gasteiger partial charge in [-0.15, -0.1) is 0 Å². The number of carbonyl (C=O) groups excluding carboxylic acids is 7. The van der Waals surface area contributed by atoms with E-state index in [1.54, 1.807) is 13.2 Å². The quantitative estimate of drug-likeness (QED) is 0.0327. The van der Waals surface area contributed by atoms with Crippen molar-refractivity contribution in [3.63, 3.8) is 0 Å². The highest BCUT2D eigenvalue weighted by Crippen LogP contribution is 2.52. The average Bonchev–Trinajstić information content (AvgIpc) is 1.66. The molecule has 4 fully saturated rings. The van der Waals surface area contributed by atoms with Crippen molar-refractivity contribution in [1.29, 1.82) is 0 Å². The van der Waals surface area contributed by atoms with E-state index in [4.69, 9.17) is 39.5 Å². The highest BCUT2D eigenvalue weighted by atomic mass is 35.5. The third kappa shape index (κ3) is 37.0. The standard InChI is InChI=1S/C18H28ClNO2.C18H28ClNO.C18H27NO.2C17H25NO.C16H23NO.C14H20ClNO/c1-11(2)13-9-12(18(6,7)22-8)10-14(15(13)19)16(21)20-17(3,4)5;1-11(2)13-9-12(17(3,4)5)10-14(15(13)19)16(21)20-18(6,7)8;1-12(2)13-9-14(16(20)19-17(3,4)5)11-15(10-13)18(6)7-8-18;2*1-11(2)13-8-14(16(19)18-12(3)4)10-15(9-13)17(5)6-7-17;1-5-17-15(18)13-8-12(11(2)3)9-14(10-13)16(4)6-7-16;1-9(2)10-6-11(8-12(15)7-10)13(17)16-14(3,4)5/h9-11H,1-8H3,(H,20,21);9-11H,1-8H3,(H,20,21);9-12H,7-8H2,1-6H3,(H,19,20);2*8-12H,6-7H2,1-5H3,(H,18,19);8-11H,5-7H2,1-4H3,(H,17,18);6-9H,1-5H3,(H,16,17). The van der Waals surface area contributed by atoms with Gasteiger partial charge in [0.2, 0.25) is 0 Å². The lowest BCUT2D eigenvalue weighted by Gasteiger charge is -2.27. The van der Waals surface area contributed by atoms with E-state index in [1.807, 2.05) is 186 Å². The zero-order valence-corrected chi connectivity index (χ0v) is 93.7. The fourth-order valence-corrected chi connectivity index (χ4v) is 15.9. The minimum atomic E-state index is -0.481. The molecule has 4 saturated carbocycles. The van der Waals surface area contributed by atoms with Gasteiger partial charge in [0.05, 0.1) is 26.8 Å². The second-order valence-corrected chi connectivity index (χ2v) is 49.4. The summed E-state index contributed by atoms with van der Waals surface area (Å²) in [6.45, 7) is 83.7. The number of ether oxygens (including phenoxy) is 1. The minimum absolute atomic E-state index is 0.0228.